The molecule has 0 radical (unpaired) electrons. The van der Waals surface area contributed by atoms with Crippen LogP contribution in [0.2, 0.25) is 10.2 Å². The standard InChI is InChI=1S/C34H40Cl2F2N6O2S/c1-5-22-15-40-34(10-11-34)17-43(22)30(45)25-13-21(37)16-42(25)31(46)28-27(18(2)3)44-29(19-6-8-23(35)24(38)12-19)33(4,41-32(44)47-28)20-7-9-26(36)39-14-20/h6-9,12,14,18,21-22,25,29-30,40,45H,5,10-11,13,15-17H2,1-4H3/t21-,22-,25+,29-,30?,33+/m1/s1. The van der Waals surface area contributed by atoms with E-state index in [1.165, 1.54) is 28.8 Å². The fraction of sp³-hybridized carbons (Fsp3) is 0.559. The van der Waals surface area contributed by atoms with Crippen molar-refractivity contribution in [1.29, 1.82) is 0 Å². The van der Waals surface area contributed by atoms with Crippen LogP contribution >= 0.6 is 35.0 Å². The fourth-order valence-electron chi connectivity index (χ4n) is 7.83. The maximum absolute atomic E-state index is 15.2. The molecule has 8 nitrogen and oxygen atoms in total. The molecule has 1 unspecified atom stereocenters. The van der Waals surface area contributed by atoms with Crippen LogP contribution in [0.1, 0.15) is 70.5 Å². The van der Waals surface area contributed by atoms with E-state index in [9.17, 15) is 14.3 Å². The van der Waals surface area contributed by atoms with Gasteiger partial charge in [-0.25, -0.2) is 18.8 Å². The van der Waals surface area contributed by atoms with Crippen molar-refractivity contribution in [2.45, 2.75) is 95.0 Å². The molecule has 1 aromatic carbocycles. The molecule has 1 aliphatic carbocycles. The van der Waals surface area contributed by atoms with Crippen molar-refractivity contribution in [3.63, 3.8) is 0 Å². The van der Waals surface area contributed by atoms with Gasteiger partial charge >= 0.3 is 0 Å². The van der Waals surface area contributed by atoms with Crippen molar-refractivity contribution in [2.75, 3.05) is 19.6 Å². The number of nitrogens with one attached hydrogen (secondary N) is 1. The van der Waals surface area contributed by atoms with Gasteiger partial charge < -0.3 is 20.2 Å². The molecular formula is C34H40Cl2F2N6O2S. The zero-order valence-electron chi connectivity index (χ0n) is 26.9. The smallest absolute Gasteiger partial charge is 0.263 e. The highest BCUT2D eigenvalue weighted by atomic mass is 35.5. The summed E-state index contributed by atoms with van der Waals surface area (Å²) in [5, 5.41) is 16.4. The average molecular weight is 706 g/mol. The normalized spacial score (nSPS) is 30.8. The lowest BCUT2D eigenvalue weighted by molar-refractivity contribution is -0.136. The summed E-state index contributed by atoms with van der Waals surface area (Å²) in [5.41, 5.74) is 1.23. The number of alkyl halides is 1. The van der Waals surface area contributed by atoms with Crippen LogP contribution in [0.3, 0.4) is 0 Å². The van der Waals surface area contributed by atoms with Gasteiger partial charge in [-0.2, -0.15) is 0 Å². The first-order valence-electron chi connectivity index (χ1n) is 16.4. The number of aromatic nitrogens is 1. The number of amides is 1. The summed E-state index contributed by atoms with van der Waals surface area (Å²) in [6, 6.07) is 7.15. The number of pyridine rings is 1. The van der Waals surface area contributed by atoms with Gasteiger partial charge in [0.2, 0.25) is 0 Å². The van der Waals surface area contributed by atoms with E-state index < -0.39 is 35.8 Å². The van der Waals surface area contributed by atoms with Gasteiger partial charge in [-0.05, 0) is 67.6 Å². The summed E-state index contributed by atoms with van der Waals surface area (Å²) >= 11 is 13.5. The van der Waals surface area contributed by atoms with E-state index in [-0.39, 0.29) is 41.4 Å². The lowest BCUT2D eigenvalue weighted by Crippen LogP contribution is -2.64. The Balaban J connectivity index is 1.26. The maximum Gasteiger partial charge on any atom is 0.263 e. The molecule has 4 aliphatic heterocycles. The number of aliphatic imine (C=N–C) groups is 1. The Morgan fingerprint density at radius 1 is 1.23 bits per heavy atom. The Bertz CT molecular complexity index is 1640. The third-order valence-electron chi connectivity index (χ3n) is 10.6. The fourth-order valence-corrected chi connectivity index (χ4v) is 9.42. The van der Waals surface area contributed by atoms with E-state index in [0.717, 1.165) is 37.1 Å². The topological polar surface area (TPSA) is 84.3 Å². The molecule has 2 saturated heterocycles. The van der Waals surface area contributed by atoms with Gasteiger partial charge in [0.1, 0.15) is 33.8 Å². The Morgan fingerprint density at radius 3 is 2.64 bits per heavy atom. The molecule has 13 heteroatoms. The molecule has 6 atom stereocenters. The van der Waals surface area contributed by atoms with Crippen LogP contribution in [0.5, 0.6) is 0 Å². The van der Waals surface area contributed by atoms with Gasteiger partial charge in [-0.15, -0.1) is 0 Å². The number of hydrogen-bond donors (Lipinski definition) is 2. The van der Waals surface area contributed by atoms with Gasteiger partial charge in [-0.3, -0.25) is 9.69 Å². The predicted octanol–water partition coefficient (Wildman–Crippen LogP) is 6.24. The molecule has 47 heavy (non-hydrogen) atoms. The van der Waals surface area contributed by atoms with Crippen LogP contribution in [0, 0.1) is 11.7 Å². The highest BCUT2D eigenvalue weighted by molar-refractivity contribution is 8.18. The zero-order chi connectivity index (χ0) is 33.4. The molecule has 3 fully saturated rings. The summed E-state index contributed by atoms with van der Waals surface area (Å²) in [6.45, 7) is 9.41. The van der Waals surface area contributed by atoms with Gasteiger partial charge in [0.25, 0.3) is 5.91 Å². The molecule has 2 N–H and O–H groups in total. The van der Waals surface area contributed by atoms with Crippen LogP contribution in [0.15, 0.2) is 52.1 Å². The number of rotatable bonds is 7. The largest absolute Gasteiger partial charge is 0.376 e. The van der Waals surface area contributed by atoms with Gasteiger partial charge in [-0.1, -0.05) is 56.1 Å². The van der Waals surface area contributed by atoms with Crippen LogP contribution in [-0.4, -0.2) is 85.5 Å². The highest BCUT2D eigenvalue weighted by Crippen LogP contribution is 2.56. The number of allylic oxidation sites excluding steroid dienone is 1. The number of amidine groups is 1. The number of fused-ring (bicyclic) bond motifs is 1. The third-order valence-corrected chi connectivity index (χ3v) is 12.1. The first-order valence-corrected chi connectivity index (χ1v) is 17.9. The third kappa shape index (κ3) is 5.68. The Kier molecular flexibility index (Phi) is 8.66. The minimum absolute atomic E-state index is 0.00906. The SMILES string of the molecule is CC[C@@H]1CNC2(CC2)CN1C(O)[C@@H]1C[C@@H](F)CN1C(=O)C1=C(C(C)C)N2C(=N[C@@](C)(c3ccc(Cl)nc3)[C@H]2c2ccc(Cl)c(F)c2)S1. The second kappa shape index (κ2) is 12.2. The van der Waals surface area contributed by atoms with Crippen molar-refractivity contribution >= 4 is 46.0 Å². The van der Waals surface area contributed by atoms with E-state index in [4.69, 9.17) is 28.2 Å². The monoisotopic (exact) mass is 704 g/mol. The molecule has 1 aromatic heterocycles. The number of carbonyl (C=O) groups excluding carboxylic acids is 1. The van der Waals surface area contributed by atoms with E-state index >= 15 is 4.39 Å². The summed E-state index contributed by atoms with van der Waals surface area (Å²) in [5.74, 6) is -1.01. The number of aliphatic hydroxyl groups is 1. The molecule has 5 aliphatic rings. The molecule has 0 bridgehead atoms. The number of thioether (sulfide) groups is 1. The second-order valence-corrected chi connectivity index (χ2v) is 15.8. The Morgan fingerprint density at radius 2 is 2.00 bits per heavy atom. The van der Waals surface area contributed by atoms with Gasteiger partial charge in [0.05, 0.1) is 23.7 Å². The van der Waals surface area contributed by atoms with Gasteiger partial charge in [0.15, 0.2) is 5.17 Å². The van der Waals surface area contributed by atoms with Crippen molar-refractivity contribution in [2.24, 2.45) is 10.9 Å². The van der Waals surface area contributed by atoms with E-state index in [1.807, 2.05) is 31.7 Å². The lowest BCUT2D eigenvalue weighted by atomic mass is 9.81. The summed E-state index contributed by atoms with van der Waals surface area (Å²) in [6.07, 6.45) is 2.46. The number of halogens is 4. The number of benzene rings is 1. The summed E-state index contributed by atoms with van der Waals surface area (Å²) < 4.78 is 30.2. The first-order chi connectivity index (χ1) is 22.4. The predicted molar refractivity (Wildman–Crippen MR) is 181 cm³/mol. The average Bonchev–Trinajstić information content (AvgIpc) is 3.36. The van der Waals surface area contributed by atoms with Crippen molar-refractivity contribution < 1.29 is 18.7 Å². The summed E-state index contributed by atoms with van der Waals surface area (Å²) in [7, 11) is 0. The Hall–Kier alpha value is -2.28. The van der Waals surface area contributed by atoms with E-state index in [2.05, 4.69) is 22.1 Å². The number of carbonyl (C=O) groups is 1. The molecular weight excluding hydrogens is 665 g/mol. The minimum atomic E-state index is -1.24. The van der Waals surface area contributed by atoms with Crippen molar-refractivity contribution in [3.8, 4) is 0 Å². The number of piperazine rings is 1. The number of nitrogens with zero attached hydrogens (tertiary/aromatic N) is 5. The molecule has 1 spiro atoms. The first kappa shape index (κ1) is 33.2. The number of hydrogen-bond acceptors (Lipinski definition) is 8. The number of likely N-dealkylation sites (tertiary alicyclic amines) is 1. The van der Waals surface area contributed by atoms with Gasteiger partial charge in [0, 0.05) is 48.5 Å². The molecule has 5 heterocycles. The molecule has 7 rings (SSSR count). The van der Waals surface area contributed by atoms with Crippen LogP contribution < -0.4 is 5.32 Å². The number of aliphatic hydroxyl groups excluding tert-OH is 1. The van der Waals surface area contributed by atoms with Crippen LogP contribution in [-0.2, 0) is 10.3 Å². The molecule has 1 saturated carbocycles. The van der Waals surface area contributed by atoms with Crippen molar-refractivity contribution in [3.05, 3.63) is 74.3 Å². The van der Waals surface area contributed by atoms with Crippen molar-refractivity contribution in [1.82, 2.24) is 25.0 Å². The summed E-state index contributed by atoms with van der Waals surface area (Å²) in [4.78, 5) is 30.2. The molecule has 1 amide bonds. The zero-order valence-corrected chi connectivity index (χ0v) is 29.2. The van der Waals surface area contributed by atoms with Crippen LogP contribution in [0.25, 0.3) is 0 Å². The lowest BCUT2D eigenvalue weighted by Gasteiger charge is -2.46. The molecule has 252 valence electrons. The van der Waals surface area contributed by atoms with Crippen LogP contribution in [0.4, 0.5) is 8.78 Å². The van der Waals surface area contributed by atoms with E-state index in [1.54, 1.807) is 18.3 Å². The van der Waals surface area contributed by atoms with E-state index in [0.29, 0.717) is 27.3 Å². The minimum Gasteiger partial charge on any atom is -0.376 e. The quantitative estimate of drug-likeness (QED) is 0.330. The molecule has 2 aromatic rings. The Labute approximate surface area is 288 Å². The maximum atomic E-state index is 15.2. The highest BCUT2D eigenvalue weighted by Gasteiger charge is 2.56. The second-order valence-electron chi connectivity index (χ2n) is 14.0.